The quantitative estimate of drug-likeness (QED) is 0.296. The molecule has 0 aliphatic heterocycles. The molecule has 2 aromatic carbocycles. The van der Waals surface area contributed by atoms with Crippen LogP contribution in [0.25, 0.3) is 11.8 Å². The van der Waals surface area contributed by atoms with Gasteiger partial charge < -0.3 is 0 Å². The largest absolute Gasteiger partial charge is 0.290 e. The van der Waals surface area contributed by atoms with Crippen molar-refractivity contribution in [1.82, 2.24) is 19.1 Å². The molecule has 2 atom stereocenters. The molecule has 11 heteroatoms. The monoisotopic (exact) mass is 566 g/mol. The van der Waals surface area contributed by atoms with E-state index in [0.29, 0.717) is 30.0 Å². The normalized spacial score (nSPS) is 20.8. The smallest absolute Gasteiger partial charge is 0.243 e. The molecule has 200 valence electrons. The van der Waals surface area contributed by atoms with E-state index in [4.69, 9.17) is 0 Å². The van der Waals surface area contributed by atoms with Crippen molar-refractivity contribution in [2.24, 2.45) is 5.41 Å². The van der Waals surface area contributed by atoms with Crippen LogP contribution >= 0.6 is 11.3 Å². The van der Waals surface area contributed by atoms with Gasteiger partial charge >= 0.3 is 0 Å². The number of hydrogen-bond acceptors (Lipinski definition) is 6. The van der Waals surface area contributed by atoms with E-state index in [1.165, 1.54) is 47.0 Å². The second-order valence-electron chi connectivity index (χ2n) is 9.91. The highest BCUT2D eigenvalue weighted by Gasteiger charge is 2.51. The van der Waals surface area contributed by atoms with Crippen LogP contribution in [0.3, 0.4) is 0 Å². The molecular formula is C28H24F2N4O3S2. The summed E-state index contributed by atoms with van der Waals surface area (Å²) in [5.41, 5.74) is 2.29. The molecule has 2 aromatic heterocycles. The van der Waals surface area contributed by atoms with Crippen LogP contribution in [0, 0.1) is 17.0 Å². The van der Waals surface area contributed by atoms with Gasteiger partial charge in [-0.2, -0.15) is 9.40 Å². The lowest BCUT2D eigenvalue weighted by Gasteiger charge is -2.45. The van der Waals surface area contributed by atoms with Gasteiger partial charge in [0.25, 0.3) is 0 Å². The van der Waals surface area contributed by atoms with E-state index in [1.807, 2.05) is 6.08 Å². The third-order valence-corrected chi connectivity index (χ3v) is 10.5. The molecule has 0 amide bonds. The van der Waals surface area contributed by atoms with E-state index < -0.39 is 27.3 Å². The van der Waals surface area contributed by atoms with E-state index in [1.54, 1.807) is 34.6 Å². The molecule has 6 rings (SSSR count). The van der Waals surface area contributed by atoms with Crippen molar-refractivity contribution in [3.63, 3.8) is 0 Å². The van der Waals surface area contributed by atoms with Crippen molar-refractivity contribution in [3.05, 3.63) is 99.8 Å². The van der Waals surface area contributed by atoms with Crippen molar-refractivity contribution in [3.8, 4) is 5.69 Å². The number of aromatic nitrogens is 3. The number of Topliss-reactive ketones (excluding diaryl/α,β-unsaturated/α-hetero) is 1. The SMILES string of the molecule is CN([C@H]1CCC2=Cc3c(cnn3-c3ccc(F)cc3)C[C@]2(C(=O)c2nccs2)C1)S(=O)(=O)c1ccc(F)cc1. The number of carbonyl (C=O) groups is 1. The summed E-state index contributed by atoms with van der Waals surface area (Å²) in [7, 11) is -2.41. The van der Waals surface area contributed by atoms with Gasteiger partial charge in [0.15, 0.2) is 5.01 Å². The second kappa shape index (κ2) is 9.58. The average molecular weight is 567 g/mol. The Morgan fingerprint density at radius 2 is 1.79 bits per heavy atom. The summed E-state index contributed by atoms with van der Waals surface area (Å²) >= 11 is 1.26. The lowest BCUT2D eigenvalue weighted by molar-refractivity contribution is 0.0752. The molecule has 7 nitrogen and oxygen atoms in total. The Balaban J connectivity index is 1.40. The van der Waals surface area contributed by atoms with Gasteiger partial charge in [-0.25, -0.2) is 26.9 Å². The van der Waals surface area contributed by atoms with Gasteiger partial charge in [-0.15, -0.1) is 11.3 Å². The van der Waals surface area contributed by atoms with Gasteiger partial charge in [0, 0.05) is 24.7 Å². The molecule has 0 N–H and O–H groups in total. The lowest BCUT2D eigenvalue weighted by Crippen LogP contribution is -2.49. The molecule has 1 fully saturated rings. The number of nitrogens with zero attached hydrogens (tertiary/aromatic N) is 4. The van der Waals surface area contributed by atoms with Gasteiger partial charge in [0.05, 0.1) is 27.9 Å². The van der Waals surface area contributed by atoms with Crippen LogP contribution in [-0.4, -0.2) is 46.4 Å². The van der Waals surface area contributed by atoms with Crippen LogP contribution in [0.4, 0.5) is 8.78 Å². The van der Waals surface area contributed by atoms with Gasteiger partial charge in [0.1, 0.15) is 11.6 Å². The van der Waals surface area contributed by atoms with Crippen LogP contribution in [0.2, 0.25) is 0 Å². The van der Waals surface area contributed by atoms with E-state index in [9.17, 15) is 22.0 Å². The van der Waals surface area contributed by atoms with Crippen molar-refractivity contribution in [1.29, 1.82) is 0 Å². The molecule has 2 aliphatic rings. The molecular weight excluding hydrogens is 542 g/mol. The number of carbonyl (C=O) groups excluding carboxylic acids is 1. The summed E-state index contributed by atoms with van der Waals surface area (Å²) in [6.07, 6.45) is 6.90. The van der Waals surface area contributed by atoms with Crippen molar-refractivity contribution < 1.29 is 22.0 Å². The molecule has 2 aliphatic carbocycles. The Kier molecular flexibility index (Phi) is 6.32. The number of allylic oxidation sites excluding steroid dienone is 1. The molecule has 0 radical (unpaired) electrons. The summed E-state index contributed by atoms with van der Waals surface area (Å²) in [6.45, 7) is 0. The summed E-state index contributed by atoms with van der Waals surface area (Å²) in [4.78, 5) is 18.4. The van der Waals surface area contributed by atoms with Crippen LogP contribution in [-0.2, 0) is 16.4 Å². The first kappa shape index (κ1) is 25.7. The highest BCUT2D eigenvalue weighted by Crippen LogP contribution is 2.51. The van der Waals surface area contributed by atoms with Crippen molar-refractivity contribution in [2.75, 3.05) is 7.05 Å². The minimum absolute atomic E-state index is 0.000423. The molecule has 0 bridgehead atoms. The molecule has 2 heterocycles. The Labute approximate surface area is 228 Å². The average Bonchev–Trinajstić information content (AvgIpc) is 3.61. The fourth-order valence-corrected chi connectivity index (χ4v) is 7.75. The highest BCUT2D eigenvalue weighted by atomic mass is 32.2. The maximum atomic E-state index is 14.1. The number of rotatable bonds is 6. The summed E-state index contributed by atoms with van der Waals surface area (Å²) in [5, 5.41) is 6.66. The molecule has 0 unspecified atom stereocenters. The van der Waals surface area contributed by atoms with Gasteiger partial charge in [-0.05, 0) is 85.9 Å². The molecule has 0 saturated heterocycles. The fourth-order valence-electron chi connectivity index (χ4n) is 5.69. The number of sulfonamides is 1. The van der Waals surface area contributed by atoms with Crippen LogP contribution in [0.15, 0.2) is 76.8 Å². The minimum Gasteiger partial charge on any atom is -0.290 e. The zero-order valence-electron chi connectivity index (χ0n) is 20.9. The maximum absolute atomic E-state index is 14.1. The van der Waals surface area contributed by atoms with Crippen molar-refractivity contribution >= 4 is 33.2 Å². The molecule has 1 saturated carbocycles. The first-order chi connectivity index (χ1) is 18.7. The standard InChI is InChI=1S/C28H24F2N4O3S2/c1-33(39(36,37)24-10-5-21(30)6-11-24)23-7-2-19-14-25-18(17-32-34(25)22-8-3-20(29)4-9-22)15-28(19,16-23)26(35)27-31-12-13-38-27/h3-6,8-14,17,23H,2,7,15-16H2,1H3/t23-,28-/m0/s1. The van der Waals surface area contributed by atoms with Gasteiger partial charge in [-0.1, -0.05) is 5.57 Å². The predicted molar refractivity (Wildman–Crippen MR) is 143 cm³/mol. The zero-order chi connectivity index (χ0) is 27.4. The van der Waals surface area contributed by atoms with E-state index in [2.05, 4.69) is 10.1 Å². The Morgan fingerprint density at radius 3 is 2.46 bits per heavy atom. The number of benzene rings is 2. The highest BCUT2D eigenvalue weighted by molar-refractivity contribution is 7.89. The third-order valence-electron chi connectivity index (χ3n) is 7.77. The summed E-state index contributed by atoms with van der Waals surface area (Å²) in [5.74, 6) is -0.998. The Morgan fingerprint density at radius 1 is 1.10 bits per heavy atom. The van der Waals surface area contributed by atoms with E-state index in [-0.39, 0.29) is 22.9 Å². The first-order valence-electron chi connectivity index (χ1n) is 12.4. The minimum atomic E-state index is -3.92. The third kappa shape index (κ3) is 4.34. The number of ketones is 1. The Bertz CT molecular complexity index is 1680. The van der Waals surface area contributed by atoms with Crippen LogP contribution in [0.5, 0.6) is 0 Å². The topological polar surface area (TPSA) is 85.2 Å². The van der Waals surface area contributed by atoms with Gasteiger partial charge in [-0.3, -0.25) is 4.79 Å². The Hall–Kier alpha value is -3.54. The molecule has 4 aromatic rings. The summed E-state index contributed by atoms with van der Waals surface area (Å²) < 4.78 is 56.9. The number of halogens is 2. The number of fused-ring (bicyclic) bond motifs is 2. The first-order valence-corrected chi connectivity index (χ1v) is 14.7. The predicted octanol–water partition coefficient (Wildman–Crippen LogP) is 5.29. The zero-order valence-corrected chi connectivity index (χ0v) is 22.6. The number of hydrogen-bond donors (Lipinski definition) is 0. The summed E-state index contributed by atoms with van der Waals surface area (Å²) in [6, 6.07) is 10.3. The second-order valence-corrected chi connectivity index (χ2v) is 12.8. The number of thiazole rings is 1. The van der Waals surface area contributed by atoms with Gasteiger partial charge in [0.2, 0.25) is 15.8 Å². The van der Waals surface area contributed by atoms with Crippen molar-refractivity contribution in [2.45, 2.75) is 36.6 Å². The van der Waals surface area contributed by atoms with Crippen LogP contribution in [0.1, 0.15) is 40.3 Å². The molecule has 39 heavy (non-hydrogen) atoms. The molecule has 0 spiro atoms. The van der Waals surface area contributed by atoms with Crippen LogP contribution < -0.4 is 0 Å². The van der Waals surface area contributed by atoms with E-state index >= 15 is 0 Å². The van der Waals surface area contributed by atoms with E-state index in [0.717, 1.165) is 29.0 Å². The fraction of sp³-hybridized carbons (Fsp3) is 0.250. The lowest BCUT2D eigenvalue weighted by atomic mass is 9.61. The maximum Gasteiger partial charge on any atom is 0.243 e.